The van der Waals surface area contributed by atoms with Crippen molar-refractivity contribution in [3.63, 3.8) is 0 Å². The molecule has 6 nitrogen and oxygen atoms in total. The number of hydrogen-bond donors (Lipinski definition) is 1. The maximum Gasteiger partial charge on any atom is 0.243 e. The molecule has 0 unspecified atom stereocenters. The molecule has 1 N–H and O–H groups in total. The van der Waals surface area contributed by atoms with Gasteiger partial charge in [0.25, 0.3) is 0 Å². The van der Waals surface area contributed by atoms with E-state index in [1.54, 1.807) is 0 Å². The van der Waals surface area contributed by atoms with Crippen molar-refractivity contribution in [2.24, 2.45) is 0 Å². The number of sulfonamides is 1. The van der Waals surface area contributed by atoms with Crippen LogP contribution in [0.3, 0.4) is 0 Å². The highest BCUT2D eigenvalue weighted by Crippen LogP contribution is 2.28. The lowest BCUT2D eigenvalue weighted by Gasteiger charge is -2.40. The number of carbonyl (C=O) groups excluding carboxylic acids is 1. The Balaban J connectivity index is 1.23. The number of piperidine rings is 1. The molecule has 0 bridgehead atoms. The summed E-state index contributed by atoms with van der Waals surface area (Å²) < 4.78 is 40.5. The molecule has 2 aliphatic heterocycles. The average Bonchev–Trinajstić information content (AvgIpc) is 3.22. The van der Waals surface area contributed by atoms with Crippen molar-refractivity contribution in [3.8, 4) is 0 Å². The van der Waals surface area contributed by atoms with E-state index >= 15 is 0 Å². The third-order valence-electron chi connectivity index (χ3n) is 5.93. The zero-order valence-electron chi connectivity index (χ0n) is 16.7. The number of fused-ring (bicyclic) bond motifs is 1. The predicted octanol–water partition coefficient (Wildman–Crippen LogP) is 2.60. The van der Waals surface area contributed by atoms with E-state index < -0.39 is 20.7 Å². The average molecular weight is 452 g/mol. The highest BCUT2D eigenvalue weighted by atomic mass is 32.2. The Kier molecular flexibility index (Phi) is 6.52. The summed E-state index contributed by atoms with van der Waals surface area (Å²) in [6, 6.07) is 7.92. The smallest absolute Gasteiger partial charge is 0.243 e. The summed E-state index contributed by atoms with van der Waals surface area (Å²) in [7, 11) is -3.96. The van der Waals surface area contributed by atoms with Crippen molar-refractivity contribution in [3.05, 3.63) is 52.0 Å². The van der Waals surface area contributed by atoms with Crippen LogP contribution in [0.4, 0.5) is 4.39 Å². The predicted molar refractivity (Wildman–Crippen MR) is 114 cm³/mol. The lowest BCUT2D eigenvalue weighted by Crippen LogP contribution is -2.48. The number of nitrogens with one attached hydrogen (secondary N) is 1. The normalized spacial score (nSPS) is 18.4. The summed E-state index contributed by atoms with van der Waals surface area (Å²) in [5.74, 6) is -0.867. The fraction of sp³-hybridized carbons (Fsp3) is 0.476. The monoisotopic (exact) mass is 451 g/mol. The molecule has 0 saturated carbocycles. The van der Waals surface area contributed by atoms with Crippen LogP contribution >= 0.6 is 11.3 Å². The molecule has 162 valence electrons. The maximum atomic E-state index is 13.7. The molecular weight excluding hydrogens is 425 g/mol. The summed E-state index contributed by atoms with van der Waals surface area (Å²) in [4.78, 5) is 17.9. The molecule has 3 heterocycles. The molecule has 1 saturated heterocycles. The van der Waals surface area contributed by atoms with Crippen molar-refractivity contribution >= 4 is 27.3 Å². The van der Waals surface area contributed by atoms with E-state index in [4.69, 9.17) is 0 Å². The molecule has 1 fully saturated rings. The van der Waals surface area contributed by atoms with Gasteiger partial charge in [-0.2, -0.15) is 0 Å². The van der Waals surface area contributed by atoms with Crippen LogP contribution in [0.1, 0.15) is 29.7 Å². The third kappa shape index (κ3) is 4.74. The van der Waals surface area contributed by atoms with Gasteiger partial charge in [0, 0.05) is 50.1 Å². The van der Waals surface area contributed by atoms with Crippen LogP contribution in [0.25, 0.3) is 0 Å². The number of amides is 1. The maximum absolute atomic E-state index is 13.7. The molecule has 1 aromatic heterocycles. The molecule has 1 amide bonds. The first-order valence-electron chi connectivity index (χ1n) is 10.3. The Hall–Kier alpha value is -1.81. The minimum atomic E-state index is -3.96. The SMILES string of the molecule is O=C(CCNS(=O)(=O)c1ccccc1F)N1CCC(N2CCc3sccc3C2)CC1. The van der Waals surface area contributed by atoms with Gasteiger partial charge in [-0.15, -0.1) is 11.3 Å². The molecular formula is C21H26FN3O3S2. The second-order valence-corrected chi connectivity index (χ2v) is 10.5. The van der Waals surface area contributed by atoms with Gasteiger partial charge in [-0.1, -0.05) is 12.1 Å². The van der Waals surface area contributed by atoms with E-state index in [-0.39, 0.29) is 18.9 Å². The van der Waals surface area contributed by atoms with E-state index in [1.807, 2.05) is 16.2 Å². The Morgan fingerprint density at radius 1 is 1.17 bits per heavy atom. The number of halogens is 1. The molecule has 0 aliphatic carbocycles. The van der Waals surface area contributed by atoms with E-state index in [2.05, 4.69) is 21.1 Å². The lowest BCUT2D eigenvalue weighted by atomic mass is 9.99. The van der Waals surface area contributed by atoms with E-state index in [9.17, 15) is 17.6 Å². The molecule has 0 atom stereocenters. The molecule has 0 radical (unpaired) electrons. The van der Waals surface area contributed by atoms with Crippen LogP contribution in [0, 0.1) is 5.82 Å². The summed E-state index contributed by atoms with van der Waals surface area (Å²) in [6.45, 7) is 3.41. The molecule has 2 aromatic rings. The quantitative estimate of drug-likeness (QED) is 0.733. The van der Waals surface area contributed by atoms with Crippen LogP contribution in [0.2, 0.25) is 0 Å². The lowest BCUT2D eigenvalue weighted by molar-refractivity contribution is -0.132. The number of hydrogen-bond acceptors (Lipinski definition) is 5. The van der Waals surface area contributed by atoms with Gasteiger partial charge in [0.2, 0.25) is 15.9 Å². The van der Waals surface area contributed by atoms with Gasteiger partial charge in [-0.3, -0.25) is 9.69 Å². The number of thiophene rings is 1. The first-order valence-corrected chi connectivity index (χ1v) is 12.6. The standard InChI is InChI=1S/C21H26FN3O3S2/c22-18-3-1-2-4-20(18)30(27,28)23-10-5-21(26)24-11-6-17(7-12-24)25-13-8-19-16(15-25)9-14-29-19/h1-4,9,14,17,23H,5-8,10-13,15H2. The van der Waals surface area contributed by atoms with Crippen LogP contribution < -0.4 is 4.72 Å². The Morgan fingerprint density at radius 2 is 1.93 bits per heavy atom. The van der Waals surface area contributed by atoms with E-state index in [1.165, 1.54) is 28.6 Å². The topological polar surface area (TPSA) is 69.7 Å². The van der Waals surface area contributed by atoms with Crippen molar-refractivity contribution in [1.82, 2.24) is 14.5 Å². The van der Waals surface area contributed by atoms with E-state index in [0.717, 1.165) is 38.4 Å². The minimum absolute atomic E-state index is 0.0392. The highest BCUT2D eigenvalue weighted by Gasteiger charge is 2.29. The number of nitrogens with zero attached hydrogens (tertiary/aromatic N) is 2. The number of benzene rings is 1. The Morgan fingerprint density at radius 3 is 2.70 bits per heavy atom. The Labute approximate surface area is 180 Å². The first-order chi connectivity index (χ1) is 14.4. The zero-order chi connectivity index (χ0) is 21.1. The molecule has 9 heteroatoms. The van der Waals surface area contributed by atoms with Crippen molar-refractivity contribution in [2.75, 3.05) is 26.2 Å². The van der Waals surface area contributed by atoms with Crippen LogP contribution in [0.5, 0.6) is 0 Å². The van der Waals surface area contributed by atoms with Gasteiger partial charge in [-0.05, 0) is 48.4 Å². The summed E-state index contributed by atoms with van der Waals surface area (Å²) in [6.07, 6.45) is 3.05. The van der Waals surface area contributed by atoms with Gasteiger partial charge in [0.15, 0.2) is 0 Å². The summed E-state index contributed by atoms with van der Waals surface area (Å²) in [5, 5.41) is 2.16. The number of rotatable bonds is 6. The van der Waals surface area contributed by atoms with Gasteiger partial charge in [0.1, 0.15) is 10.7 Å². The van der Waals surface area contributed by atoms with Gasteiger partial charge in [-0.25, -0.2) is 17.5 Å². The van der Waals surface area contributed by atoms with Crippen molar-refractivity contribution in [1.29, 1.82) is 0 Å². The second-order valence-electron chi connectivity index (χ2n) is 7.78. The van der Waals surface area contributed by atoms with Gasteiger partial charge >= 0.3 is 0 Å². The number of likely N-dealkylation sites (tertiary alicyclic amines) is 1. The molecule has 30 heavy (non-hydrogen) atoms. The van der Waals surface area contributed by atoms with Crippen molar-refractivity contribution in [2.45, 2.75) is 43.2 Å². The number of carbonyl (C=O) groups is 1. The van der Waals surface area contributed by atoms with Gasteiger partial charge < -0.3 is 4.90 Å². The molecule has 1 aromatic carbocycles. The van der Waals surface area contributed by atoms with Crippen LogP contribution in [0.15, 0.2) is 40.6 Å². The second kappa shape index (κ2) is 9.13. The molecule has 4 rings (SSSR count). The largest absolute Gasteiger partial charge is 0.343 e. The van der Waals surface area contributed by atoms with Crippen LogP contribution in [-0.2, 0) is 27.8 Å². The Bertz CT molecular complexity index is 1000. The van der Waals surface area contributed by atoms with Crippen LogP contribution in [-0.4, -0.2) is 56.3 Å². The van der Waals surface area contributed by atoms with Crippen molar-refractivity contribution < 1.29 is 17.6 Å². The van der Waals surface area contributed by atoms with E-state index in [0.29, 0.717) is 19.1 Å². The third-order valence-corrected chi connectivity index (χ3v) is 8.45. The zero-order valence-corrected chi connectivity index (χ0v) is 18.4. The fourth-order valence-electron chi connectivity index (χ4n) is 4.25. The molecule has 0 spiro atoms. The minimum Gasteiger partial charge on any atom is -0.343 e. The first kappa shape index (κ1) is 21.4. The summed E-state index contributed by atoms with van der Waals surface area (Å²) in [5.41, 5.74) is 1.44. The van der Waals surface area contributed by atoms with Gasteiger partial charge in [0.05, 0.1) is 0 Å². The summed E-state index contributed by atoms with van der Waals surface area (Å²) >= 11 is 1.84. The fourth-order valence-corrected chi connectivity index (χ4v) is 6.25. The molecule has 2 aliphatic rings. The highest BCUT2D eigenvalue weighted by molar-refractivity contribution is 7.89.